The van der Waals surface area contributed by atoms with Gasteiger partial charge >= 0.3 is 5.97 Å². The molecule has 4 aliphatic rings. The van der Waals surface area contributed by atoms with Crippen LogP contribution >= 0.6 is 58.5 Å². The Hall–Kier alpha value is -2.57. The van der Waals surface area contributed by atoms with Gasteiger partial charge in [0.05, 0.1) is 24.0 Å². The topological polar surface area (TPSA) is 109 Å². The van der Waals surface area contributed by atoms with E-state index in [2.05, 4.69) is 4.98 Å². The summed E-state index contributed by atoms with van der Waals surface area (Å²) in [5, 5.41) is 12.2. The predicted molar refractivity (Wildman–Crippen MR) is 180 cm³/mol. The Balaban J connectivity index is 1.23. The zero-order chi connectivity index (χ0) is 32.6. The lowest BCUT2D eigenvalue weighted by atomic mass is 9.68. The summed E-state index contributed by atoms with van der Waals surface area (Å²) in [7, 11) is 1.60. The number of hydrogen-bond donors (Lipinski definition) is 2. The molecular weight excluding hydrogens is 687 g/mol. The van der Waals surface area contributed by atoms with Crippen molar-refractivity contribution in [3.05, 3.63) is 66.4 Å². The number of hydrogen-bond acceptors (Lipinski definition) is 8. The number of imide groups is 1. The average Bonchev–Trinajstić information content (AvgIpc) is 3.74. The van der Waals surface area contributed by atoms with Gasteiger partial charge in [0, 0.05) is 31.7 Å². The molecule has 3 heterocycles. The number of rotatable bonds is 9. The third-order valence-electron chi connectivity index (χ3n) is 9.99. The van der Waals surface area contributed by atoms with Gasteiger partial charge in [-0.3, -0.25) is 14.5 Å². The van der Waals surface area contributed by atoms with Crippen molar-refractivity contribution in [2.75, 3.05) is 7.11 Å². The number of likely N-dealkylation sites (tertiary alicyclic amines) is 1. The van der Waals surface area contributed by atoms with Crippen molar-refractivity contribution < 1.29 is 29.0 Å². The van der Waals surface area contributed by atoms with Crippen molar-refractivity contribution >= 4 is 76.3 Å². The normalized spacial score (nSPS) is 28.3. The summed E-state index contributed by atoms with van der Waals surface area (Å²) in [6, 6.07) is 10.0. The lowest BCUT2D eigenvalue weighted by Gasteiger charge is -2.43. The van der Waals surface area contributed by atoms with E-state index in [1.807, 2.05) is 38.1 Å². The van der Waals surface area contributed by atoms with Crippen LogP contribution in [0.15, 0.2) is 41.4 Å². The third kappa shape index (κ3) is 5.17. The van der Waals surface area contributed by atoms with E-state index in [-0.39, 0.29) is 59.7 Å². The summed E-state index contributed by atoms with van der Waals surface area (Å²) in [6.45, 7) is 4.04. The molecule has 7 rings (SSSR count). The minimum Gasteiger partial charge on any atom is -0.493 e. The lowest BCUT2D eigenvalue weighted by Crippen LogP contribution is -2.47. The average molecular weight is 720 g/mol. The number of thiazole rings is 1. The molecule has 8 atom stereocenters. The van der Waals surface area contributed by atoms with Crippen LogP contribution in [0.2, 0.25) is 10.0 Å². The number of aromatic nitrogens is 1. The molecule has 2 saturated carbocycles. The standard InChI is InChI=1S/C33H32Cl2N2O6S3/c1-13(2)8-20(32(40)41)37-30(38)25-17-11-18(26(25)31(37)39)27-24(17)23(28-29(45-27)36-33(44)46-28)14-5-7-21(22(9-14)42-3)43-12-15-4-6-16(34)10-19(15)35/h4-7,9-10,13,17-18,20,23-27H,8,11-12H2,1-3H3,(H,36,44)(H,40,41). The highest BCUT2D eigenvalue weighted by Crippen LogP contribution is 2.69. The van der Waals surface area contributed by atoms with Crippen LogP contribution in [0.3, 0.4) is 0 Å². The van der Waals surface area contributed by atoms with Crippen LogP contribution in [0.25, 0.3) is 0 Å². The molecule has 3 aromatic rings. The van der Waals surface area contributed by atoms with Gasteiger partial charge < -0.3 is 19.6 Å². The fourth-order valence-electron chi connectivity index (χ4n) is 8.27. The van der Waals surface area contributed by atoms with E-state index < -0.39 is 23.8 Å². The van der Waals surface area contributed by atoms with E-state index in [1.54, 1.807) is 42.3 Å². The summed E-state index contributed by atoms with van der Waals surface area (Å²) in [5.41, 5.74) is 1.80. The van der Waals surface area contributed by atoms with Crippen molar-refractivity contribution in [2.45, 2.75) is 55.5 Å². The SMILES string of the molecule is COc1cc(C2c3sc(=S)[nH]c3SC3C4CC(C5C(=O)N(C(CC(C)C)C(=O)O)C(=O)C45)C23)ccc1OCc1ccc(Cl)cc1Cl. The van der Waals surface area contributed by atoms with Gasteiger partial charge in [-0.05, 0) is 78.6 Å². The molecule has 46 heavy (non-hydrogen) atoms. The van der Waals surface area contributed by atoms with E-state index >= 15 is 0 Å². The number of carboxylic acids is 1. The van der Waals surface area contributed by atoms with E-state index in [9.17, 15) is 19.5 Å². The Morgan fingerprint density at radius 3 is 2.52 bits per heavy atom. The molecule has 1 aromatic heterocycles. The van der Waals surface area contributed by atoms with Crippen LogP contribution in [-0.4, -0.2) is 51.2 Å². The van der Waals surface area contributed by atoms with Crippen LogP contribution in [-0.2, 0) is 21.0 Å². The van der Waals surface area contributed by atoms with Gasteiger partial charge in [0.25, 0.3) is 0 Å². The van der Waals surface area contributed by atoms with Gasteiger partial charge in [-0.25, -0.2) is 4.79 Å². The molecule has 2 aliphatic carbocycles. The van der Waals surface area contributed by atoms with Crippen molar-refractivity contribution in [2.24, 2.45) is 35.5 Å². The van der Waals surface area contributed by atoms with Crippen LogP contribution in [0, 0.1) is 39.5 Å². The minimum absolute atomic E-state index is 0.0191. The summed E-state index contributed by atoms with van der Waals surface area (Å²) < 4.78 is 12.6. The molecular formula is C33H32Cl2N2O6S3. The molecule has 8 unspecified atom stereocenters. The maximum atomic E-state index is 14.0. The number of amides is 2. The summed E-state index contributed by atoms with van der Waals surface area (Å²) >= 11 is 21.3. The number of H-pyrrole nitrogens is 1. The third-order valence-corrected chi connectivity index (χ3v) is 13.5. The second-order valence-electron chi connectivity index (χ2n) is 12.9. The molecule has 0 spiro atoms. The predicted octanol–water partition coefficient (Wildman–Crippen LogP) is 7.67. The summed E-state index contributed by atoms with van der Waals surface area (Å²) in [4.78, 5) is 45.8. The number of halogens is 2. The highest BCUT2D eigenvalue weighted by Gasteiger charge is 2.70. The van der Waals surface area contributed by atoms with Gasteiger partial charge in [-0.1, -0.05) is 49.2 Å². The van der Waals surface area contributed by atoms with Crippen LogP contribution in [0.5, 0.6) is 11.5 Å². The second kappa shape index (κ2) is 12.1. The zero-order valence-electron chi connectivity index (χ0n) is 25.2. The second-order valence-corrected chi connectivity index (χ2v) is 16.7. The van der Waals surface area contributed by atoms with Crippen molar-refractivity contribution in [3.8, 4) is 11.5 Å². The Kier molecular flexibility index (Phi) is 8.45. The molecule has 2 aliphatic heterocycles. The largest absolute Gasteiger partial charge is 0.493 e. The van der Waals surface area contributed by atoms with E-state index in [1.165, 1.54) is 0 Å². The smallest absolute Gasteiger partial charge is 0.326 e. The first-order valence-corrected chi connectivity index (χ1v) is 18.1. The van der Waals surface area contributed by atoms with Crippen molar-refractivity contribution in [1.82, 2.24) is 9.88 Å². The molecule has 2 bridgehead atoms. The number of carbonyl (C=O) groups excluding carboxylic acids is 2. The number of nitrogens with one attached hydrogen (secondary N) is 1. The molecule has 2 N–H and O–H groups in total. The van der Waals surface area contributed by atoms with Gasteiger partial charge in [0.15, 0.2) is 15.5 Å². The fraction of sp³-hybridized carbons (Fsp3) is 0.455. The Labute approximate surface area is 289 Å². The number of nitrogens with zero attached hydrogens (tertiary/aromatic N) is 1. The van der Waals surface area contributed by atoms with E-state index in [0.29, 0.717) is 25.5 Å². The Bertz CT molecular complexity index is 1810. The number of benzene rings is 2. The number of carboxylic acid groups (broad SMARTS) is 1. The Morgan fingerprint density at radius 1 is 1.11 bits per heavy atom. The minimum atomic E-state index is -1.15. The van der Waals surface area contributed by atoms with Crippen LogP contribution in [0.4, 0.5) is 0 Å². The number of aromatic amines is 1. The first-order chi connectivity index (χ1) is 22.0. The Morgan fingerprint density at radius 2 is 1.85 bits per heavy atom. The first-order valence-electron chi connectivity index (χ1n) is 15.2. The molecule has 2 aromatic carbocycles. The molecule has 242 valence electrons. The number of methoxy groups -OCH3 is 1. The fourth-order valence-corrected chi connectivity index (χ4v) is 12.1. The van der Waals surface area contributed by atoms with Gasteiger partial charge in [-0.2, -0.15) is 0 Å². The number of carbonyl (C=O) groups is 3. The van der Waals surface area contributed by atoms with Gasteiger partial charge in [0.2, 0.25) is 11.8 Å². The zero-order valence-corrected chi connectivity index (χ0v) is 29.2. The lowest BCUT2D eigenvalue weighted by molar-refractivity contribution is -0.156. The monoisotopic (exact) mass is 718 g/mol. The van der Waals surface area contributed by atoms with E-state index in [4.69, 9.17) is 44.9 Å². The molecule has 1 saturated heterocycles. The van der Waals surface area contributed by atoms with Crippen molar-refractivity contribution in [3.63, 3.8) is 0 Å². The quantitative estimate of drug-likeness (QED) is 0.171. The maximum absolute atomic E-state index is 14.0. The summed E-state index contributed by atoms with van der Waals surface area (Å²) in [6.07, 6.45) is 0.995. The highest BCUT2D eigenvalue weighted by atomic mass is 35.5. The number of fused-ring (bicyclic) bond motifs is 9. The molecule has 8 nitrogen and oxygen atoms in total. The number of ether oxygens (including phenoxy) is 2. The van der Waals surface area contributed by atoms with Crippen LogP contribution in [0.1, 0.15) is 48.6 Å². The van der Waals surface area contributed by atoms with Gasteiger partial charge in [0.1, 0.15) is 12.6 Å². The van der Waals surface area contributed by atoms with Gasteiger partial charge in [-0.15, -0.1) is 23.1 Å². The number of thioether (sulfide) groups is 1. The van der Waals surface area contributed by atoms with Crippen LogP contribution < -0.4 is 9.47 Å². The molecule has 3 fully saturated rings. The maximum Gasteiger partial charge on any atom is 0.326 e. The van der Waals surface area contributed by atoms with E-state index in [0.717, 1.165) is 32.4 Å². The number of aliphatic carboxylic acids is 1. The first kappa shape index (κ1) is 32.0. The highest BCUT2D eigenvalue weighted by molar-refractivity contribution is 8.00. The molecule has 13 heteroatoms. The molecule has 2 amide bonds. The van der Waals surface area contributed by atoms with Crippen molar-refractivity contribution in [1.29, 1.82) is 0 Å². The molecule has 0 radical (unpaired) electrons. The summed E-state index contributed by atoms with van der Waals surface area (Å²) in [5.74, 6) is -1.77.